The first kappa shape index (κ1) is 18.1. The second kappa shape index (κ2) is 7.79. The van der Waals surface area contributed by atoms with Gasteiger partial charge in [-0.2, -0.15) is 0 Å². The first-order valence-corrected chi connectivity index (χ1v) is 10.1. The van der Waals surface area contributed by atoms with Crippen LogP contribution < -0.4 is 4.90 Å². The van der Waals surface area contributed by atoms with Gasteiger partial charge in [-0.15, -0.1) is 0 Å². The number of rotatable bonds is 4. The van der Waals surface area contributed by atoms with E-state index in [1.54, 1.807) is 12.1 Å². The number of thioether (sulfide) groups is 1. The summed E-state index contributed by atoms with van der Waals surface area (Å²) in [5.41, 5.74) is 2.88. The first-order valence-electron chi connectivity index (χ1n) is 8.95. The van der Waals surface area contributed by atoms with Gasteiger partial charge in [0.1, 0.15) is 0 Å². The highest BCUT2D eigenvalue weighted by Gasteiger charge is 2.35. The molecule has 0 aliphatic carbocycles. The molecule has 0 atom stereocenters. The normalized spacial score (nSPS) is 18.8. The van der Waals surface area contributed by atoms with E-state index in [0.29, 0.717) is 9.93 Å². The Balaban J connectivity index is 1.50. The van der Waals surface area contributed by atoms with Crippen LogP contribution in [0.5, 0.6) is 0 Å². The molecule has 4 rings (SSSR count). The summed E-state index contributed by atoms with van der Waals surface area (Å²) < 4.78 is 0. The highest BCUT2D eigenvalue weighted by molar-refractivity contribution is 8.18. The molecule has 138 valence electrons. The number of nitrogens with zero attached hydrogens (tertiary/aromatic N) is 2. The molecule has 27 heavy (non-hydrogen) atoms. The van der Waals surface area contributed by atoms with Crippen LogP contribution >= 0.6 is 23.4 Å². The van der Waals surface area contributed by atoms with Crippen molar-refractivity contribution in [1.29, 1.82) is 0 Å². The predicted molar refractivity (Wildman–Crippen MR) is 111 cm³/mol. The number of halogens is 1. The molecule has 0 spiro atoms. The molecule has 2 aliphatic heterocycles. The summed E-state index contributed by atoms with van der Waals surface area (Å²) in [5, 5.41) is 0.290. The van der Waals surface area contributed by atoms with Gasteiger partial charge in [0, 0.05) is 23.8 Å². The highest BCUT2D eigenvalue weighted by Crippen LogP contribution is 2.34. The smallest absolute Gasteiger partial charge is 0.293 e. The lowest BCUT2D eigenvalue weighted by Gasteiger charge is -2.17. The molecule has 2 fully saturated rings. The van der Waals surface area contributed by atoms with Crippen LogP contribution in [0.1, 0.15) is 24.0 Å². The van der Waals surface area contributed by atoms with Gasteiger partial charge in [-0.05, 0) is 60.0 Å². The Morgan fingerprint density at radius 3 is 2.41 bits per heavy atom. The Bertz CT molecular complexity index is 905. The van der Waals surface area contributed by atoms with Gasteiger partial charge in [0.25, 0.3) is 11.1 Å². The Morgan fingerprint density at radius 2 is 1.70 bits per heavy atom. The fourth-order valence-corrected chi connectivity index (χ4v) is 4.38. The average molecular weight is 399 g/mol. The Hall–Kier alpha value is -2.24. The molecule has 0 saturated carbocycles. The highest BCUT2D eigenvalue weighted by atomic mass is 35.5. The number of imide groups is 1. The second-order valence-electron chi connectivity index (χ2n) is 6.64. The maximum Gasteiger partial charge on any atom is 0.293 e. The van der Waals surface area contributed by atoms with Crippen molar-refractivity contribution in [3.63, 3.8) is 0 Å². The van der Waals surface area contributed by atoms with Crippen molar-refractivity contribution in [3.05, 3.63) is 69.6 Å². The third-order valence-electron chi connectivity index (χ3n) is 4.82. The molecule has 2 heterocycles. The molecule has 0 bridgehead atoms. The second-order valence-corrected chi connectivity index (χ2v) is 8.05. The monoisotopic (exact) mass is 398 g/mol. The maximum absolute atomic E-state index is 12.7. The lowest BCUT2D eigenvalue weighted by Crippen LogP contribution is -2.27. The van der Waals surface area contributed by atoms with Crippen molar-refractivity contribution < 1.29 is 9.59 Å². The Morgan fingerprint density at radius 1 is 1.00 bits per heavy atom. The van der Waals surface area contributed by atoms with Gasteiger partial charge >= 0.3 is 0 Å². The summed E-state index contributed by atoms with van der Waals surface area (Å²) in [6, 6.07) is 15.4. The van der Waals surface area contributed by atoms with Gasteiger partial charge in [0.15, 0.2) is 0 Å². The predicted octanol–water partition coefficient (Wildman–Crippen LogP) is 5.18. The van der Waals surface area contributed by atoms with Crippen molar-refractivity contribution in [1.82, 2.24) is 4.90 Å². The fourth-order valence-electron chi connectivity index (χ4n) is 3.34. The van der Waals surface area contributed by atoms with E-state index in [2.05, 4.69) is 17.0 Å². The van der Waals surface area contributed by atoms with Crippen LogP contribution in [0.25, 0.3) is 6.08 Å². The number of hydrogen-bond acceptors (Lipinski definition) is 4. The number of carbonyl (C=O) groups excluding carboxylic acids is 2. The van der Waals surface area contributed by atoms with E-state index >= 15 is 0 Å². The number of carbonyl (C=O) groups is 2. The quantitative estimate of drug-likeness (QED) is 0.665. The van der Waals surface area contributed by atoms with Gasteiger partial charge < -0.3 is 4.90 Å². The van der Waals surface area contributed by atoms with Crippen LogP contribution in [-0.4, -0.2) is 29.1 Å². The van der Waals surface area contributed by atoms with Crippen molar-refractivity contribution in [2.45, 2.75) is 19.4 Å². The number of hydrogen-bond donors (Lipinski definition) is 0. The summed E-state index contributed by atoms with van der Waals surface area (Å²) in [5.74, 6) is -0.270. The van der Waals surface area contributed by atoms with Crippen LogP contribution in [0.4, 0.5) is 10.5 Å². The lowest BCUT2D eigenvalue weighted by molar-refractivity contribution is -0.123. The summed E-state index contributed by atoms with van der Waals surface area (Å²) in [7, 11) is 0. The van der Waals surface area contributed by atoms with Gasteiger partial charge in [-0.3, -0.25) is 14.5 Å². The number of amides is 2. The summed E-state index contributed by atoms with van der Waals surface area (Å²) in [6.45, 7) is 2.39. The van der Waals surface area contributed by atoms with Crippen LogP contribution in [0.2, 0.25) is 5.02 Å². The van der Waals surface area contributed by atoms with Crippen LogP contribution in [0.15, 0.2) is 53.4 Å². The molecule has 2 saturated heterocycles. The van der Waals surface area contributed by atoms with Crippen molar-refractivity contribution in [3.8, 4) is 0 Å². The van der Waals surface area contributed by atoms with Crippen LogP contribution in [-0.2, 0) is 11.3 Å². The number of benzene rings is 2. The zero-order valence-corrected chi connectivity index (χ0v) is 16.3. The summed E-state index contributed by atoms with van der Waals surface area (Å²) in [6.07, 6.45) is 4.26. The SMILES string of the molecule is O=C1SC(=Cc2ccc(N3CCCC3)cc2)C(=O)N1Cc1ccccc1Cl. The van der Waals surface area contributed by atoms with Gasteiger partial charge in [0.05, 0.1) is 11.4 Å². The molecule has 2 aromatic carbocycles. The molecular weight excluding hydrogens is 380 g/mol. The minimum absolute atomic E-state index is 0.190. The zero-order chi connectivity index (χ0) is 18.8. The van der Waals surface area contributed by atoms with Crippen LogP contribution in [0, 0.1) is 0 Å². The molecule has 6 heteroatoms. The number of anilines is 1. The van der Waals surface area contributed by atoms with Gasteiger partial charge in [-0.25, -0.2) is 0 Å². The van der Waals surface area contributed by atoms with Crippen LogP contribution in [0.3, 0.4) is 0 Å². The molecule has 4 nitrogen and oxygen atoms in total. The van der Waals surface area contributed by atoms with Crippen molar-refractivity contribution in [2.75, 3.05) is 18.0 Å². The minimum atomic E-state index is -0.270. The average Bonchev–Trinajstić information content (AvgIpc) is 3.29. The van der Waals surface area contributed by atoms with E-state index in [-0.39, 0.29) is 17.7 Å². The minimum Gasteiger partial charge on any atom is -0.372 e. The van der Waals surface area contributed by atoms with E-state index < -0.39 is 0 Å². The molecule has 0 aromatic heterocycles. The first-order chi connectivity index (χ1) is 13.1. The maximum atomic E-state index is 12.7. The molecule has 0 radical (unpaired) electrons. The Labute approximate surface area is 167 Å². The largest absolute Gasteiger partial charge is 0.372 e. The molecule has 2 aromatic rings. The van der Waals surface area contributed by atoms with Gasteiger partial charge in [-0.1, -0.05) is 41.9 Å². The molecule has 0 N–H and O–H groups in total. The molecule has 0 unspecified atom stereocenters. The van der Waals surface area contributed by atoms with E-state index in [0.717, 1.165) is 36.0 Å². The third kappa shape index (κ3) is 3.89. The Kier molecular flexibility index (Phi) is 5.23. The molecule has 2 aliphatic rings. The van der Waals surface area contributed by atoms with Crippen molar-refractivity contribution >= 4 is 46.3 Å². The fraction of sp³-hybridized carbons (Fsp3) is 0.238. The molecular formula is C21H19ClN2O2S. The van der Waals surface area contributed by atoms with Crippen molar-refractivity contribution in [2.24, 2.45) is 0 Å². The summed E-state index contributed by atoms with van der Waals surface area (Å²) >= 11 is 7.13. The van der Waals surface area contributed by atoms with E-state index in [4.69, 9.17) is 11.6 Å². The zero-order valence-electron chi connectivity index (χ0n) is 14.7. The lowest BCUT2D eigenvalue weighted by atomic mass is 10.1. The van der Waals surface area contributed by atoms with E-state index in [1.807, 2.05) is 30.3 Å². The summed E-state index contributed by atoms with van der Waals surface area (Å²) in [4.78, 5) is 29.0. The van der Waals surface area contributed by atoms with E-state index in [1.165, 1.54) is 23.4 Å². The van der Waals surface area contributed by atoms with Gasteiger partial charge in [0.2, 0.25) is 0 Å². The topological polar surface area (TPSA) is 40.6 Å². The molecule has 2 amide bonds. The standard InChI is InChI=1S/C21H19ClN2O2S/c22-18-6-2-1-5-16(18)14-24-20(25)19(27-21(24)26)13-15-7-9-17(10-8-15)23-11-3-4-12-23/h1-2,5-10,13H,3-4,11-12,14H2. The van der Waals surface area contributed by atoms with E-state index in [9.17, 15) is 9.59 Å². The third-order valence-corrected chi connectivity index (χ3v) is 6.10.